The van der Waals surface area contributed by atoms with Crippen LogP contribution in [-0.4, -0.2) is 92.2 Å². The second kappa shape index (κ2) is 12.5. The lowest BCUT2D eigenvalue weighted by atomic mass is 9.88. The SMILES string of the molecule is Cc1nnnn1CCC(=O)N1CCCNC(=O)[C@H]2CN(C(=O)c3cc(C(C)C)on3)C[C@@H]2c2cccc(c2)OCC1. The Hall–Kier alpha value is -4.29. The molecular weight excluding hydrogens is 528 g/mol. The Balaban J connectivity index is 1.29. The summed E-state index contributed by atoms with van der Waals surface area (Å²) < 4.78 is 13.0. The Morgan fingerprint density at radius 1 is 1.12 bits per heavy atom. The summed E-state index contributed by atoms with van der Waals surface area (Å²) >= 11 is 0. The van der Waals surface area contributed by atoms with Gasteiger partial charge in [-0.1, -0.05) is 31.1 Å². The van der Waals surface area contributed by atoms with E-state index in [9.17, 15) is 14.4 Å². The molecule has 1 aromatic carbocycles. The lowest BCUT2D eigenvalue weighted by Gasteiger charge is -2.24. The highest BCUT2D eigenvalue weighted by atomic mass is 16.5. The van der Waals surface area contributed by atoms with E-state index >= 15 is 0 Å². The van der Waals surface area contributed by atoms with Gasteiger partial charge in [0.25, 0.3) is 5.91 Å². The van der Waals surface area contributed by atoms with Crippen molar-refractivity contribution in [1.29, 1.82) is 0 Å². The Morgan fingerprint density at radius 3 is 2.71 bits per heavy atom. The first-order valence-corrected chi connectivity index (χ1v) is 14.1. The molecule has 0 spiro atoms. The van der Waals surface area contributed by atoms with E-state index in [1.54, 1.807) is 27.5 Å². The number of carbonyl (C=O) groups is 3. The molecule has 4 heterocycles. The maximum atomic E-state index is 13.4. The molecule has 2 aliphatic rings. The zero-order valence-corrected chi connectivity index (χ0v) is 23.7. The number of amides is 3. The lowest BCUT2D eigenvalue weighted by Crippen LogP contribution is -2.39. The Bertz CT molecular complexity index is 1380. The molecule has 2 bridgehead atoms. The first-order valence-electron chi connectivity index (χ1n) is 14.1. The summed E-state index contributed by atoms with van der Waals surface area (Å²) in [4.78, 5) is 43.2. The molecule has 0 aliphatic carbocycles. The summed E-state index contributed by atoms with van der Waals surface area (Å²) in [5.41, 5.74) is 1.17. The zero-order chi connectivity index (χ0) is 28.9. The third-order valence-corrected chi connectivity index (χ3v) is 7.68. The highest BCUT2D eigenvalue weighted by molar-refractivity contribution is 5.93. The van der Waals surface area contributed by atoms with E-state index < -0.39 is 5.92 Å². The van der Waals surface area contributed by atoms with Gasteiger partial charge in [-0.05, 0) is 41.5 Å². The van der Waals surface area contributed by atoms with Crippen molar-refractivity contribution in [1.82, 2.24) is 40.5 Å². The van der Waals surface area contributed by atoms with Crippen LogP contribution < -0.4 is 10.1 Å². The molecule has 2 aromatic heterocycles. The Kier molecular flexibility index (Phi) is 8.60. The third-order valence-electron chi connectivity index (χ3n) is 7.68. The molecular formula is C28H36N8O5. The molecule has 41 heavy (non-hydrogen) atoms. The van der Waals surface area contributed by atoms with Gasteiger partial charge in [-0.3, -0.25) is 14.4 Å². The van der Waals surface area contributed by atoms with Gasteiger partial charge < -0.3 is 24.4 Å². The number of likely N-dealkylation sites (tertiary alicyclic amines) is 1. The van der Waals surface area contributed by atoms with Crippen LogP contribution in [0.2, 0.25) is 0 Å². The van der Waals surface area contributed by atoms with Crippen molar-refractivity contribution >= 4 is 17.7 Å². The van der Waals surface area contributed by atoms with E-state index in [0.717, 1.165) is 5.56 Å². The van der Waals surface area contributed by atoms with Gasteiger partial charge >= 0.3 is 0 Å². The minimum Gasteiger partial charge on any atom is -0.492 e. The van der Waals surface area contributed by atoms with E-state index in [1.165, 1.54) is 0 Å². The maximum absolute atomic E-state index is 13.4. The molecule has 5 rings (SSSR count). The molecule has 3 aromatic rings. The fourth-order valence-electron chi connectivity index (χ4n) is 5.30. The number of ether oxygens (including phenoxy) is 1. The van der Waals surface area contributed by atoms with Gasteiger partial charge in [0.15, 0.2) is 5.69 Å². The fourth-order valence-corrected chi connectivity index (χ4v) is 5.30. The van der Waals surface area contributed by atoms with Crippen LogP contribution in [-0.2, 0) is 16.1 Å². The third kappa shape index (κ3) is 6.55. The van der Waals surface area contributed by atoms with Crippen molar-refractivity contribution < 1.29 is 23.6 Å². The van der Waals surface area contributed by atoms with Crippen molar-refractivity contribution in [2.45, 2.75) is 52.0 Å². The van der Waals surface area contributed by atoms with Crippen LogP contribution in [0.25, 0.3) is 0 Å². The number of rotatable bonds is 5. The van der Waals surface area contributed by atoms with Crippen LogP contribution in [0.3, 0.4) is 0 Å². The molecule has 0 radical (unpaired) electrons. The molecule has 0 saturated carbocycles. The Labute approximate surface area is 238 Å². The largest absolute Gasteiger partial charge is 0.492 e. The van der Waals surface area contributed by atoms with Crippen LogP contribution in [0.15, 0.2) is 34.9 Å². The van der Waals surface area contributed by atoms with E-state index in [0.29, 0.717) is 63.1 Å². The molecule has 1 N–H and O–H groups in total. The molecule has 3 amide bonds. The monoisotopic (exact) mass is 564 g/mol. The summed E-state index contributed by atoms with van der Waals surface area (Å²) in [6.45, 7) is 8.40. The minimum atomic E-state index is -0.439. The average Bonchev–Trinajstić information content (AvgIpc) is 3.72. The van der Waals surface area contributed by atoms with Crippen molar-refractivity contribution in [3.63, 3.8) is 0 Å². The Morgan fingerprint density at radius 2 is 1.95 bits per heavy atom. The van der Waals surface area contributed by atoms with Gasteiger partial charge in [0.1, 0.15) is 23.9 Å². The van der Waals surface area contributed by atoms with Crippen molar-refractivity contribution in [2.75, 3.05) is 39.3 Å². The average molecular weight is 565 g/mol. The van der Waals surface area contributed by atoms with E-state index in [-0.39, 0.29) is 48.2 Å². The van der Waals surface area contributed by atoms with Crippen LogP contribution in [0.1, 0.15) is 66.2 Å². The predicted octanol–water partition coefficient (Wildman–Crippen LogP) is 1.77. The number of tetrazole rings is 1. The number of hydrogen-bond acceptors (Lipinski definition) is 9. The van der Waals surface area contributed by atoms with Gasteiger partial charge in [0.05, 0.1) is 19.0 Å². The van der Waals surface area contributed by atoms with Crippen LogP contribution in [0.5, 0.6) is 5.75 Å². The maximum Gasteiger partial charge on any atom is 0.276 e. The normalized spacial score (nSPS) is 19.9. The topological polar surface area (TPSA) is 149 Å². The number of aryl methyl sites for hydroxylation is 2. The van der Waals surface area contributed by atoms with Gasteiger partial charge in [-0.2, -0.15) is 0 Å². The lowest BCUT2D eigenvalue weighted by molar-refractivity contribution is -0.132. The second-order valence-electron chi connectivity index (χ2n) is 10.8. The van der Waals surface area contributed by atoms with Crippen molar-refractivity contribution in [3.8, 4) is 5.75 Å². The number of benzene rings is 1. The fraction of sp³-hybridized carbons (Fsp3) is 0.536. The number of hydrogen-bond donors (Lipinski definition) is 1. The number of aromatic nitrogens is 5. The van der Waals surface area contributed by atoms with Gasteiger partial charge in [0, 0.05) is 50.5 Å². The van der Waals surface area contributed by atoms with E-state index in [4.69, 9.17) is 9.26 Å². The molecule has 1 fully saturated rings. The molecule has 218 valence electrons. The summed E-state index contributed by atoms with van der Waals surface area (Å²) in [6.07, 6.45) is 0.842. The number of nitrogens with one attached hydrogen (secondary N) is 1. The minimum absolute atomic E-state index is 0.0332. The molecule has 0 unspecified atom stereocenters. The van der Waals surface area contributed by atoms with Crippen LogP contribution in [0, 0.1) is 12.8 Å². The molecule has 2 aliphatic heterocycles. The van der Waals surface area contributed by atoms with Gasteiger partial charge in [-0.25, -0.2) is 4.68 Å². The highest BCUT2D eigenvalue weighted by Crippen LogP contribution is 2.35. The molecule has 1 saturated heterocycles. The first-order chi connectivity index (χ1) is 19.8. The van der Waals surface area contributed by atoms with Crippen molar-refractivity contribution in [2.24, 2.45) is 5.92 Å². The standard InChI is InChI=1S/C28H36N8O5/c1-18(2)25-15-24(31-41-25)28(39)35-16-22-20-6-4-7-21(14-20)40-13-12-34(10-5-9-29-27(38)23(22)17-35)26(37)8-11-36-19(3)30-32-33-36/h4,6-7,14-15,18,22-23H,5,8-13,16-17H2,1-3H3,(H,29,38)/t22-,23+/m1/s1. The summed E-state index contributed by atoms with van der Waals surface area (Å²) in [5, 5.41) is 18.4. The first kappa shape index (κ1) is 28.2. The highest BCUT2D eigenvalue weighted by Gasteiger charge is 2.41. The molecule has 2 atom stereocenters. The summed E-state index contributed by atoms with van der Waals surface area (Å²) in [5.74, 6) is 1.01. The van der Waals surface area contributed by atoms with Crippen LogP contribution >= 0.6 is 0 Å². The van der Waals surface area contributed by atoms with Crippen molar-refractivity contribution in [3.05, 3.63) is 53.2 Å². The van der Waals surface area contributed by atoms with E-state index in [2.05, 4.69) is 26.0 Å². The number of fused-ring (bicyclic) bond motifs is 4. The zero-order valence-electron chi connectivity index (χ0n) is 23.7. The number of nitrogens with zero attached hydrogens (tertiary/aromatic N) is 7. The van der Waals surface area contributed by atoms with Gasteiger partial charge in [-0.15, -0.1) is 5.10 Å². The second-order valence-corrected chi connectivity index (χ2v) is 10.8. The molecule has 13 heteroatoms. The molecule has 13 nitrogen and oxygen atoms in total. The van der Waals surface area contributed by atoms with Gasteiger partial charge in [0.2, 0.25) is 11.8 Å². The number of carbonyl (C=O) groups excluding carboxylic acids is 3. The van der Waals surface area contributed by atoms with E-state index in [1.807, 2.05) is 38.1 Å². The summed E-state index contributed by atoms with van der Waals surface area (Å²) in [6, 6.07) is 9.31. The quantitative estimate of drug-likeness (QED) is 0.489. The summed E-state index contributed by atoms with van der Waals surface area (Å²) in [7, 11) is 0. The predicted molar refractivity (Wildman–Crippen MR) is 146 cm³/mol. The van der Waals surface area contributed by atoms with Crippen LogP contribution in [0.4, 0.5) is 0 Å². The smallest absolute Gasteiger partial charge is 0.276 e.